The molecule has 196 valence electrons. The molecule has 1 atom stereocenters. The highest BCUT2D eigenvalue weighted by molar-refractivity contribution is 5.79. The summed E-state index contributed by atoms with van der Waals surface area (Å²) >= 11 is 0. The molecular formula is C17H19F13O3. The van der Waals surface area contributed by atoms with Crippen LogP contribution in [0.25, 0.3) is 0 Å². The van der Waals surface area contributed by atoms with Crippen LogP contribution >= 0.6 is 0 Å². The van der Waals surface area contributed by atoms with Gasteiger partial charge in [0.25, 0.3) is 5.60 Å². The van der Waals surface area contributed by atoms with E-state index in [9.17, 15) is 67.0 Å². The molecule has 1 fully saturated rings. The average Bonchev–Trinajstić information content (AvgIpc) is 2.61. The first kappa shape index (κ1) is 29.6. The zero-order valence-electron chi connectivity index (χ0n) is 16.9. The molecule has 33 heavy (non-hydrogen) atoms. The summed E-state index contributed by atoms with van der Waals surface area (Å²) in [6, 6.07) is 0. The van der Waals surface area contributed by atoms with Crippen LogP contribution in [0.1, 0.15) is 46.0 Å². The monoisotopic (exact) mass is 518 g/mol. The van der Waals surface area contributed by atoms with Gasteiger partial charge in [-0.05, 0) is 39.0 Å². The molecule has 1 unspecified atom stereocenters. The quantitative estimate of drug-likeness (QED) is 0.349. The van der Waals surface area contributed by atoms with E-state index in [4.69, 9.17) is 0 Å². The Morgan fingerprint density at radius 2 is 1.06 bits per heavy atom. The predicted molar refractivity (Wildman–Crippen MR) is 83.2 cm³/mol. The molecule has 0 amide bonds. The topological polar surface area (TPSA) is 46.5 Å². The van der Waals surface area contributed by atoms with E-state index in [-0.39, 0.29) is 0 Å². The number of alkyl halides is 13. The van der Waals surface area contributed by atoms with Crippen molar-refractivity contribution in [2.24, 2.45) is 11.8 Å². The molecule has 0 saturated heterocycles. The molecule has 0 aromatic rings. The molecule has 3 nitrogen and oxygen atoms in total. The third-order valence-electron chi connectivity index (χ3n) is 5.94. The van der Waals surface area contributed by atoms with Crippen molar-refractivity contribution in [3.05, 3.63) is 0 Å². The number of ether oxygens (including phenoxy) is 1. The molecule has 0 radical (unpaired) electrons. The largest absolute Gasteiger partial charge is 0.437 e. The molecule has 1 aliphatic rings. The maximum Gasteiger partial charge on any atom is 0.437 e. The Bertz CT molecular complexity index is 667. The van der Waals surface area contributed by atoms with Crippen LogP contribution in [0.5, 0.6) is 0 Å². The number of carbonyl (C=O) groups excluding carboxylic acids is 1. The zero-order valence-corrected chi connectivity index (χ0v) is 16.9. The SMILES string of the molecule is CCC(C)(F)C(=O)OC(C1CCC(C(O)(C(F)(F)F)C(F)(F)F)CC1)(C(F)(F)F)C(F)(F)F. The molecule has 0 spiro atoms. The van der Waals surface area contributed by atoms with E-state index in [0.717, 1.165) is 6.92 Å². The van der Waals surface area contributed by atoms with Crippen LogP contribution in [-0.2, 0) is 9.53 Å². The lowest BCUT2D eigenvalue weighted by molar-refractivity contribution is -0.400. The van der Waals surface area contributed by atoms with Gasteiger partial charge in [0.2, 0.25) is 5.67 Å². The Kier molecular flexibility index (Phi) is 7.73. The van der Waals surface area contributed by atoms with Gasteiger partial charge in [0.05, 0.1) is 0 Å². The summed E-state index contributed by atoms with van der Waals surface area (Å²) in [6.45, 7) is 1.25. The number of hydrogen-bond donors (Lipinski definition) is 1. The first-order chi connectivity index (χ1) is 14.4. The lowest BCUT2D eigenvalue weighted by Crippen LogP contribution is -2.67. The van der Waals surface area contributed by atoms with Crippen LogP contribution < -0.4 is 0 Å². The van der Waals surface area contributed by atoms with Crippen molar-refractivity contribution in [2.45, 2.75) is 87.5 Å². The minimum Gasteiger partial charge on any atom is -0.437 e. The van der Waals surface area contributed by atoms with Crippen LogP contribution in [0, 0.1) is 11.8 Å². The second-order valence-electron chi connectivity index (χ2n) is 7.98. The van der Waals surface area contributed by atoms with Gasteiger partial charge in [-0.25, -0.2) is 9.18 Å². The summed E-state index contributed by atoms with van der Waals surface area (Å²) < 4.78 is 178. The van der Waals surface area contributed by atoms with Gasteiger partial charge in [0.1, 0.15) is 0 Å². The lowest BCUT2D eigenvalue weighted by Gasteiger charge is -2.47. The van der Waals surface area contributed by atoms with Gasteiger partial charge in [-0.15, -0.1) is 0 Å². The van der Waals surface area contributed by atoms with Crippen molar-refractivity contribution in [1.29, 1.82) is 0 Å². The number of carbonyl (C=O) groups is 1. The molecule has 1 aliphatic carbocycles. The van der Waals surface area contributed by atoms with Crippen LogP contribution in [0.15, 0.2) is 0 Å². The summed E-state index contributed by atoms with van der Waals surface area (Å²) in [4.78, 5) is 11.8. The normalized spacial score (nSPS) is 23.8. The maximum absolute atomic E-state index is 14.1. The molecule has 0 aliphatic heterocycles. The highest BCUT2D eigenvalue weighted by Crippen LogP contribution is 2.58. The number of aliphatic hydroxyl groups is 1. The van der Waals surface area contributed by atoms with Crippen LogP contribution in [0.4, 0.5) is 57.1 Å². The summed E-state index contributed by atoms with van der Waals surface area (Å²) in [6.07, 6.45) is -32.8. The first-order valence-corrected chi connectivity index (χ1v) is 9.31. The third-order valence-corrected chi connectivity index (χ3v) is 5.94. The predicted octanol–water partition coefficient (Wildman–Crippen LogP) is 6.19. The van der Waals surface area contributed by atoms with Crippen molar-refractivity contribution in [3.8, 4) is 0 Å². The summed E-state index contributed by atoms with van der Waals surface area (Å²) in [5, 5.41) is 9.37. The minimum atomic E-state index is -6.45. The van der Waals surface area contributed by atoms with Crippen molar-refractivity contribution in [1.82, 2.24) is 0 Å². The summed E-state index contributed by atoms with van der Waals surface area (Å²) in [5.74, 6) is -8.27. The number of esters is 1. The van der Waals surface area contributed by atoms with Crippen LogP contribution in [-0.4, -0.2) is 52.7 Å². The summed E-state index contributed by atoms with van der Waals surface area (Å²) in [5.41, 5.74) is -14.1. The Hall–Kier alpha value is -1.48. The standard InChI is InChI=1S/C17H19F13O3/c1-3-11(2,18)10(31)33-13(16(25,26)27,17(28,29)30)9-6-4-8(5-7-9)12(32,14(19,20)21)15(22,23)24/h8-9,32H,3-7H2,1-2H3. The minimum absolute atomic E-state index is 0.344. The Labute approximate surface area is 178 Å². The maximum atomic E-state index is 14.1. The number of rotatable bonds is 5. The van der Waals surface area contributed by atoms with E-state index in [1.807, 2.05) is 0 Å². The molecule has 1 saturated carbocycles. The Morgan fingerprint density at radius 3 is 1.33 bits per heavy atom. The highest BCUT2D eigenvalue weighted by Gasteiger charge is 2.79. The number of halogens is 13. The van der Waals surface area contributed by atoms with Gasteiger partial charge in [-0.1, -0.05) is 6.92 Å². The van der Waals surface area contributed by atoms with Crippen LogP contribution in [0.2, 0.25) is 0 Å². The van der Waals surface area contributed by atoms with Gasteiger partial charge < -0.3 is 9.84 Å². The van der Waals surface area contributed by atoms with Crippen LogP contribution in [0.3, 0.4) is 0 Å². The lowest BCUT2D eigenvalue weighted by atomic mass is 9.67. The second kappa shape index (κ2) is 8.63. The molecule has 0 heterocycles. The third kappa shape index (κ3) is 4.99. The van der Waals surface area contributed by atoms with Gasteiger partial charge in [-0.2, -0.15) is 52.7 Å². The van der Waals surface area contributed by atoms with E-state index in [1.165, 1.54) is 0 Å². The average molecular weight is 518 g/mol. The van der Waals surface area contributed by atoms with Crippen molar-refractivity contribution >= 4 is 5.97 Å². The van der Waals surface area contributed by atoms with Crippen molar-refractivity contribution < 1.29 is 71.7 Å². The van der Waals surface area contributed by atoms with E-state index >= 15 is 0 Å². The van der Waals surface area contributed by atoms with E-state index < -0.39 is 91.5 Å². The zero-order chi connectivity index (χ0) is 26.5. The van der Waals surface area contributed by atoms with Crippen molar-refractivity contribution in [2.75, 3.05) is 0 Å². The molecule has 1 rings (SSSR count). The van der Waals surface area contributed by atoms with Gasteiger partial charge in [0.15, 0.2) is 0 Å². The van der Waals surface area contributed by atoms with Crippen molar-refractivity contribution in [3.63, 3.8) is 0 Å². The molecule has 0 bridgehead atoms. The highest BCUT2D eigenvalue weighted by atomic mass is 19.4. The fourth-order valence-electron chi connectivity index (χ4n) is 3.76. The van der Waals surface area contributed by atoms with E-state index in [1.54, 1.807) is 0 Å². The Balaban J connectivity index is 3.46. The van der Waals surface area contributed by atoms with E-state index in [0.29, 0.717) is 6.92 Å². The van der Waals surface area contributed by atoms with E-state index in [2.05, 4.69) is 4.74 Å². The first-order valence-electron chi connectivity index (χ1n) is 9.31. The Morgan fingerprint density at radius 1 is 0.727 bits per heavy atom. The number of hydrogen-bond acceptors (Lipinski definition) is 3. The molecular weight excluding hydrogens is 499 g/mol. The molecule has 0 aromatic carbocycles. The summed E-state index contributed by atoms with van der Waals surface area (Å²) in [7, 11) is 0. The molecule has 1 N–H and O–H groups in total. The van der Waals surface area contributed by atoms with Gasteiger partial charge >= 0.3 is 36.3 Å². The molecule has 0 aromatic heterocycles. The fraction of sp³-hybridized carbons (Fsp3) is 0.941. The molecule has 16 heteroatoms. The van der Waals surface area contributed by atoms with Gasteiger partial charge in [-0.3, -0.25) is 0 Å². The second-order valence-corrected chi connectivity index (χ2v) is 7.98. The van der Waals surface area contributed by atoms with Gasteiger partial charge in [0, 0.05) is 11.8 Å². The smallest absolute Gasteiger partial charge is 0.437 e. The fourth-order valence-corrected chi connectivity index (χ4v) is 3.76.